The molecule has 0 saturated heterocycles. The van der Waals surface area contributed by atoms with Crippen molar-refractivity contribution in [1.82, 2.24) is 10.3 Å². The van der Waals surface area contributed by atoms with Gasteiger partial charge in [-0.1, -0.05) is 6.07 Å². The van der Waals surface area contributed by atoms with Crippen LogP contribution in [0.3, 0.4) is 0 Å². The van der Waals surface area contributed by atoms with Gasteiger partial charge < -0.3 is 14.8 Å². The number of hydrogen-bond acceptors (Lipinski definition) is 6. The van der Waals surface area contributed by atoms with E-state index in [2.05, 4.69) is 10.3 Å². The van der Waals surface area contributed by atoms with Crippen LogP contribution in [0.4, 0.5) is 4.39 Å². The molecule has 1 atom stereocenters. The second kappa shape index (κ2) is 9.57. The van der Waals surface area contributed by atoms with E-state index in [1.165, 1.54) is 50.9 Å². The summed E-state index contributed by atoms with van der Waals surface area (Å²) in [5.74, 6) is -0.197. The van der Waals surface area contributed by atoms with Gasteiger partial charge in [0.05, 0.1) is 19.1 Å². The molecule has 162 valence electrons. The molecule has 9 heteroatoms. The van der Waals surface area contributed by atoms with Gasteiger partial charge in [0, 0.05) is 30.6 Å². The maximum atomic E-state index is 13.3. The van der Waals surface area contributed by atoms with Crippen molar-refractivity contribution < 1.29 is 27.1 Å². The molecule has 0 fully saturated rings. The maximum Gasteiger partial charge on any atom is 0.251 e. The normalized spacial score (nSPS) is 12.1. The Kier molecular flexibility index (Phi) is 6.86. The fraction of sp³-hybridized carbons (Fsp3) is 0.182. The molecule has 3 rings (SSSR count). The fourth-order valence-corrected chi connectivity index (χ4v) is 4.63. The Labute approximate surface area is 179 Å². The molecule has 1 heterocycles. The molecule has 0 aliphatic rings. The SMILES string of the molecule is COc1cc(OC)cc(C(=O)NCC(c2cccnc2)S(=O)(=O)c2ccc(F)cc2)c1. The Bertz CT molecular complexity index is 1130. The van der Waals surface area contributed by atoms with Crippen LogP contribution < -0.4 is 14.8 Å². The molecule has 3 aromatic rings. The number of nitrogens with one attached hydrogen (secondary N) is 1. The molecular formula is C22H21FN2O5S. The molecule has 31 heavy (non-hydrogen) atoms. The van der Waals surface area contributed by atoms with E-state index in [1.54, 1.807) is 18.2 Å². The van der Waals surface area contributed by atoms with Crippen molar-refractivity contribution in [2.24, 2.45) is 0 Å². The standard InChI is InChI=1S/C22H21FN2O5S/c1-29-18-10-16(11-19(12-18)30-2)22(26)25-14-21(15-4-3-9-24-13-15)31(27,28)20-7-5-17(23)6-8-20/h3-13,21H,14H2,1-2H3,(H,25,26). The summed E-state index contributed by atoms with van der Waals surface area (Å²) in [6.45, 7) is -0.218. The molecule has 0 spiro atoms. The van der Waals surface area contributed by atoms with Crippen LogP contribution in [0.25, 0.3) is 0 Å². The molecule has 1 unspecified atom stereocenters. The van der Waals surface area contributed by atoms with Crippen LogP contribution in [-0.4, -0.2) is 40.1 Å². The number of ether oxygens (including phenoxy) is 2. The summed E-state index contributed by atoms with van der Waals surface area (Å²) in [5, 5.41) is 1.53. The first kappa shape index (κ1) is 22.2. The van der Waals surface area contributed by atoms with Gasteiger partial charge in [0.2, 0.25) is 0 Å². The Morgan fingerprint density at radius 1 is 1.06 bits per heavy atom. The summed E-state index contributed by atoms with van der Waals surface area (Å²) in [6.07, 6.45) is 2.94. The van der Waals surface area contributed by atoms with Crippen molar-refractivity contribution >= 4 is 15.7 Å². The van der Waals surface area contributed by atoms with Gasteiger partial charge in [0.1, 0.15) is 22.6 Å². The van der Waals surface area contributed by atoms with Crippen molar-refractivity contribution in [3.63, 3.8) is 0 Å². The number of aromatic nitrogens is 1. The monoisotopic (exact) mass is 444 g/mol. The zero-order valence-corrected chi connectivity index (χ0v) is 17.7. The first-order valence-corrected chi connectivity index (χ1v) is 10.8. The average molecular weight is 444 g/mol. The Hall–Kier alpha value is -3.46. The minimum absolute atomic E-state index is 0.0555. The van der Waals surface area contributed by atoms with E-state index >= 15 is 0 Å². The second-order valence-corrected chi connectivity index (χ2v) is 8.72. The molecule has 0 bridgehead atoms. The summed E-state index contributed by atoms with van der Waals surface area (Å²) in [6, 6.07) is 12.4. The molecule has 0 aliphatic carbocycles. The third-order valence-electron chi connectivity index (χ3n) is 4.63. The topological polar surface area (TPSA) is 94.6 Å². The van der Waals surface area contributed by atoms with E-state index in [0.717, 1.165) is 12.1 Å². The maximum absolute atomic E-state index is 13.3. The molecule has 2 aromatic carbocycles. The molecule has 7 nitrogen and oxygen atoms in total. The van der Waals surface area contributed by atoms with Crippen molar-refractivity contribution in [2.75, 3.05) is 20.8 Å². The third kappa shape index (κ3) is 5.18. The highest BCUT2D eigenvalue weighted by molar-refractivity contribution is 7.91. The van der Waals surface area contributed by atoms with E-state index in [-0.39, 0.29) is 17.0 Å². The Balaban J connectivity index is 1.90. The molecule has 1 aromatic heterocycles. The zero-order valence-electron chi connectivity index (χ0n) is 16.9. The van der Waals surface area contributed by atoms with Gasteiger partial charge >= 0.3 is 0 Å². The predicted octanol–water partition coefficient (Wildman–Crippen LogP) is 3.18. The lowest BCUT2D eigenvalue weighted by molar-refractivity contribution is 0.0953. The molecular weight excluding hydrogens is 423 g/mol. The van der Waals surface area contributed by atoms with Crippen LogP contribution in [0.1, 0.15) is 21.2 Å². The van der Waals surface area contributed by atoms with Gasteiger partial charge in [0.25, 0.3) is 5.91 Å². The van der Waals surface area contributed by atoms with Crippen molar-refractivity contribution in [2.45, 2.75) is 10.1 Å². The number of amides is 1. The lowest BCUT2D eigenvalue weighted by Crippen LogP contribution is -2.32. The van der Waals surface area contributed by atoms with Gasteiger partial charge in [0.15, 0.2) is 9.84 Å². The predicted molar refractivity (Wildman–Crippen MR) is 112 cm³/mol. The summed E-state index contributed by atoms with van der Waals surface area (Å²) in [4.78, 5) is 16.7. The summed E-state index contributed by atoms with van der Waals surface area (Å²) in [5.41, 5.74) is 0.649. The van der Waals surface area contributed by atoms with Crippen LogP contribution >= 0.6 is 0 Å². The van der Waals surface area contributed by atoms with E-state index in [4.69, 9.17) is 9.47 Å². The summed E-state index contributed by atoms with van der Waals surface area (Å²) >= 11 is 0. The van der Waals surface area contributed by atoms with E-state index in [0.29, 0.717) is 17.1 Å². The number of pyridine rings is 1. The number of hydrogen-bond donors (Lipinski definition) is 1. The number of nitrogens with zero attached hydrogens (tertiary/aromatic N) is 1. The molecule has 0 radical (unpaired) electrons. The van der Waals surface area contributed by atoms with Gasteiger partial charge in [-0.2, -0.15) is 0 Å². The number of carbonyl (C=O) groups is 1. The highest BCUT2D eigenvalue weighted by Crippen LogP contribution is 2.29. The minimum Gasteiger partial charge on any atom is -0.497 e. The quantitative estimate of drug-likeness (QED) is 0.537. The fourth-order valence-electron chi connectivity index (χ4n) is 2.99. The highest BCUT2D eigenvalue weighted by Gasteiger charge is 2.30. The van der Waals surface area contributed by atoms with Gasteiger partial charge in [-0.3, -0.25) is 9.78 Å². The van der Waals surface area contributed by atoms with E-state index in [1.807, 2.05) is 0 Å². The smallest absolute Gasteiger partial charge is 0.251 e. The van der Waals surface area contributed by atoms with Crippen molar-refractivity contribution in [3.05, 3.63) is 83.9 Å². The number of sulfone groups is 1. The molecule has 0 aliphatic heterocycles. The van der Waals surface area contributed by atoms with E-state index in [9.17, 15) is 17.6 Å². The number of carbonyl (C=O) groups excluding carboxylic acids is 1. The van der Waals surface area contributed by atoms with Crippen LogP contribution in [0.5, 0.6) is 11.5 Å². The van der Waals surface area contributed by atoms with Gasteiger partial charge in [-0.25, -0.2) is 12.8 Å². The highest BCUT2D eigenvalue weighted by atomic mass is 32.2. The number of methoxy groups -OCH3 is 2. The number of halogens is 1. The summed E-state index contributed by atoms with van der Waals surface area (Å²) < 4.78 is 50.1. The average Bonchev–Trinajstić information content (AvgIpc) is 2.79. The van der Waals surface area contributed by atoms with Gasteiger partial charge in [-0.05, 0) is 48.0 Å². The van der Waals surface area contributed by atoms with Crippen LogP contribution in [0.2, 0.25) is 0 Å². The lowest BCUT2D eigenvalue weighted by atomic mass is 10.1. The van der Waals surface area contributed by atoms with Gasteiger partial charge in [-0.15, -0.1) is 0 Å². The Morgan fingerprint density at radius 2 is 1.71 bits per heavy atom. The first-order chi connectivity index (χ1) is 14.8. The van der Waals surface area contributed by atoms with Crippen LogP contribution in [0, 0.1) is 5.82 Å². The van der Waals surface area contributed by atoms with Crippen LogP contribution in [0.15, 0.2) is 71.9 Å². The number of rotatable bonds is 8. The zero-order chi connectivity index (χ0) is 22.4. The third-order valence-corrected chi connectivity index (χ3v) is 6.75. The molecule has 1 amide bonds. The minimum atomic E-state index is -3.95. The van der Waals surface area contributed by atoms with Crippen LogP contribution in [-0.2, 0) is 9.84 Å². The van der Waals surface area contributed by atoms with Crippen molar-refractivity contribution in [1.29, 1.82) is 0 Å². The summed E-state index contributed by atoms with van der Waals surface area (Å²) in [7, 11) is -1.02. The second-order valence-electron chi connectivity index (χ2n) is 6.59. The number of benzene rings is 2. The largest absolute Gasteiger partial charge is 0.497 e. The van der Waals surface area contributed by atoms with E-state index < -0.39 is 26.8 Å². The lowest BCUT2D eigenvalue weighted by Gasteiger charge is -2.19. The Morgan fingerprint density at radius 3 is 2.26 bits per heavy atom. The first-order valence-electron chi connectivity index (χ1n) is 9.26. The van der Waals surface area contributed by atoms with Crippen molar-refractivity contribution in [3.8, 4) is 11.5 Å². The molecule has 1 N–H and O–H groups in total. The molecule has 0 saturated carbocycles.